The van der Waals surface area contributed by atoms with Gasteiger partial charge in [-0.05, 0) is 44.4 Å². The van der Waals surface area contributed by atoms with Crippen molar-refractivity contribution in [1.82, 2.24) is 5.06 Å². The second kappa shape index (κ2) is 5.37. The van der Waals surface area contributed by atoms with Gasteiger partial charge in [0.05, 0.1) is 0 Å². The second-order valence-electron chi connectivity index (χ2n) is 4.57. The van der Waals surface area contributed by atoms with Crippen molar-refractivity contribution < 1.29 is 5.21 Å². The van der Waals surface area contributed by atoms with E-state index in [1.54, 1.807) is 13.1 Å². The lowest BCUT2D eigenvalue weighted by Gasteiger charge is -2.30. The average Bonchev–Trinajstić information content (AvgIpc) is 2.16. The summed E-state index contributed by atoms with van der Waals surface area (Å²) < 4.78 is 0. The van der Waals surface area contributed by atoms with Crippen molar-refractivity contribution in [3.8, 4) is 0 Å². The molecule has 0 saturated heterocycles. The number of hydrogen-bond donors (Lipinski definition) is 1. The summed E-state index contributed by atoms with van der Waals surface area (Å²) in [6, 6.07) is 5.50. The highest BCUT2D eigenvalue weighted by Gasteiger charge is 2.22. The molecule has 1 aromatic carbocycles. The van der Waals surface area contributed by atoms with E-state index in [0.29, 0.717) is 10.0 Å². The Bertz CT molecular complexity index is 364. The third kappa shape index (κ3) is 3.63. The summed E-state index contributed by atoms with van der Waals surface area (Å²) in [4.78, 5) is 0. The first-order valence-electron chi connectivity index (χ1n) is 5.19. The van der Waals surface area contributed by atoms with Gasteiger partial charge < -0.3 is 5.21 Å². The number of halogens is 2. The standard InChI is InChI=1S/C12H17Cl2NO/c1-12(2,15(3)16)7-6-9-4-5-10(13)8-11(9)14/h4-5,8,16H,6-7H2,1-3H3. The molecule has 0 unspecified atom stereocenters. The molecule has 0 aromatic heterocycles. The zero-order chi connectivity index (χ0) is 12.3. The van der Waals surface area contributed by atoms with Crippen molar-refractivity contribution in [3.63, 3.8) is 0 Å². The minimum atomic E-state index is -0.261. The third-order valence-electron chi connectivity index (χ3n) is 2.90. The van der Waals surface area contributed by atoms with Gasteiger partial charge in [-0.15, -0.1) is 0 Å². The van der Waals surface area contributed by atoms with Crippen LogP contribution in [0, 0.1) is 0 Å². The molecule has 0 aliphatic rings. The van der Waals surface area contributed by atoms with Gasteiger partial charge in [-0.2, -0.15) is 5.06 Å². The van der Waals surface area contributed by atoms with Crippen LogP contribution in [0.3, 0.4) is 0 Å². The molecule has 0 fully saturated rings. The van der Waals surface area contributed by atoms with E-state index in [0.717, 1.165) is 18.4 Å². The van der Waals surface area contributed by atoms with Crippen LogP contribution in [0.2, 0.25) is 10.0 Å². The topological polar surface area (TPSA) is 23.5 Å². The predicted molar refractivity (Wildman–Crippen MR) is 68.4 cm³/mol. The van der Waals surface area contributed by atoms with Gasteiger partial charge in [-0.25, -0.2) is 0 Å². The van der Waals surface area contributed by atoms with Crippen LogP contribution in [0.1, 0.15) is 25.8 Å². The largest absolute Gasteiger partial charge is 0.314 e. The van der Waals surface area contributed by atoms with Gasteiger partial charge in [-0.1, -0.05) is 29.3 Å². The summed E-state index contributed by atoms with van der Waals surface area (Å²) in [6.45, 7) is 3.97. The van der Waals surface area contributed by atoms with Crippen LogP contribution in [0.25, 0.3) is 0 Å². The first-order valence-corrected chi connectivity index (χ1v) is 5.95. The van der Waals surface area contributed by atoms with E-state index >= 15 is 0 Å². The van der Waals surface area contributed by atoms with Crippen LogP contribution in [0.5, 0.6) is 0 Å². The molecule has 0 aliphatic heterocycles. The summed E-state index contributed by atoms with van der Waals surface area (Å²) in [6.07, 6.45) is 1.63. The Labute approximate surface area is 107 Å². The van der Waals surface area contributed by atoms with Gasteiger partial charge in [0.15, 0.2) is 0 Å². The van der Waals surface area contributed by atoms with Gasteiger partial charge in [0.25, 0.3) is 0 Å². The lowest BCUT2D eigenvalue weighted by atomic mass is 9.95. The Hall–Kier alpha value is -0.280. The Kier molecular flexibility index (Phi) is 4.62. The SMILES string of the molecule is CN(O)C(C)(C)CCc1ccc(Cl)cc1Cl. The number of hydrogen-bond acceptors (Lipinski definition) is 2. The van der Waals surface area contributed by atoms with E-state index in [-0.39, 0.29) is 5.54 Å². The van der Waals surface area contributed by atoms with Gasteiger partial charge in [0.1, 0.15) is 0 Å². The highest BCUT2D eigenvalue weighted by Crippen LogP contribution is 2.25. The maximum atomic E-state index is 9.45. The average molecular weight is 262 g/mol. The smallest absolute Gasteiger partial charge is 0.0452 e. The molecule has 16 heavy (non-hydrogen) atoms. The predicted octanol–water partition coefficient (Wildman–Crippen LogP) is 4.03. The number of nitrogens with zero attached hydrogens (tertiary/aromatic N) is 1. The lowest BCUT2D eigenvalue weighted by molar-refractivity contribution is -0.141. The van der Waals surface area contributed by atoms with Gasteiger partial charge in [0.2, 0.25) is 0 Å². The Morgan fingerprint density at radius 2 is 1.94 bits per heavy atom. The zero-order valence-electron chi connectivity index (χ0n) is 9.80. The van der Waals surface area contributed by atoms with Crippen LogP contribution >= 0.6 is 23.2 Å². The minimum absolute atomic E-state index is 0.261. The Morgan fingerprint density at radius 3 is 2.44 bits per heavy atom. The molecule has 0 radical (unpaired) electrons. The quantitative estimate of drug-likeness (QED) is 0.828. The van der Waals surface area contributed by atoms with E-state index in [2.05, 4.69) is 0 Å². The van der Waals surface area contributed by atoms with Crippen molar-refractivity contribution >= 4 is 23.2 Å². The molecule has 2 nitrogen and oxygen atoms in total. The molecule has 90 valence electrons. The highest BCUT2D eigenvalue weighted by atomic mass is 35.5. The molecular formula is C12H17Cl2NO. The van der Waals surface area contributed by atoms with Gasteiger partial charge in [-0.3, -0.25) is 0 Å². The molecule has 0 amide bonds. The fourth-order valence-corrected chi connectivity index (χ4v) is 1.83. The van der Waals surface area contributed by atoms with E-state index in [1.807, 2.05) is 26.0 Å². The molecule has 0 bridgehead atoms. The van der Waals surface area contributed by atoms with Crippen molar-refractivity contribution in [2.45, 2.75) is 32.2 Å². The normalized spacial score (nSPS) is 12.2. The summed E-state index contributed by atoms with van der Waals surface area (Å²) in [7, 11) is 1.66. The Balaban J connectivity index is 2.68. The molecule has 0 spiro atoms. The monoisotopic (exact) mass is 261 g/mol. The number of benzene rings is 1. The zero-order valence-corrected chi connectivity index (χ0v) is 11.3. The molecule has 1 aromatic rings. The van der Waals surface area contributed by atoms with Gasteiger partial charge in [0, 0.05) is 22.6 Å². The minimum Gasteiger partial charge on any atom is -0.314 e. The van der Waals surface area contributed by atoms with Crippen molar-refractivity contribution in [3.05, 3.63) is 33.8 Å². The third-order valence-corrected chi connectivity index (χ3v) is 3.48. The lowest BCUT2D eigenvalue weighted by Crippen LogP contribution is -2.38. The van der Waals surface area contributed by atoms with Crippen LogP contribution in [-0.4, -0.2) is 22.9 Å². The number of rotatable bonds is 4. The van der Waals surface area contributed by atoms with Gasteiger partial charge >= 0.3 is 0 Å². The molecule has 0 atom stereocenters. The molecule has 0 heterocycles. The van der Waals surface area contributed by atoms with Crippen LogP contribution in [0.15, 0.2) is 18.2 Å². The van der Waals surface area contributed by atoms with E-state index in [4.69, 9.17) is 23.2 Å². The van der Waals surface area contributed by atoms with E-state index in [9.17, 15) is 5.21 Å². The van der Waals surface area contributed by atoms with Crippen molar-refractivity contribution in [2.24, 2.45) is 0 Å². The van der Waals surface area contributed by atoms with Crippen LogP contribution in [0.4, 0.5) is 0 Å². The highest BCUT2D eigenvalue weighted by molar-refractivity contribution is 6.35. The fourth-order valence-electron chi connectivity index (χ4n) is 1.33. The fraction of sp³-hybridized carbons (Fsp3) is 0.500. The number of hydroxylamine groups is 2. The molecule has 1 rings (SSSR count). The molecular weight excluding hydrogens is 245 g/mol. The second-order valence-corrected chi connectivity index (χ2v) is 5.42. The van der Waals surface area contributed by atoms with Crippen molar-refractivity contribution in [1.29, 1.82) is 0 Å². The van der Waals surface area contributed by atoms with Crippen molar-refractivity contribution in [2.75, 3.05) is 7.05 Å². The molecule has 0 saturated carbocycles. The summed E-state index contributed by atoms with van der Waals surface area (Å²) in [5.74, 6) is 0. The van der Waals surface area contributed by atoms with E-state index < -0.39 is 0 Å². The number of aryl methyl sites for hydroxylation is 1. The summed E-state index contributed by atoms with van der Waals surface area (Å²) >= 11 is 11.9. The summed E-state index contributed by atoms with van der Waals surface area (Å²) in [5, 5.41) is 12.0. The molecule has 1 N–H and O–H groups in total. The maximum absolute atomic E-state index is 9.45. The first-order chi connectivity index (χ1) is 7.33. The maximum Gasteiger partial charge on any atom is 0.0452 e. The Morgan fingerprint density at radius 1 is 1.31 bits per heavy atom. The molecule has 0 aliphatic carbocycles. The molecule has 4 heteroatoms. The summed E-state index contributed by atoms with van der Waals surface area (Å²) in [5.41, 5.74) is 0.796. The first kappa shape index (κ1) is 13.8. The van der Waals surface area contributed by atoms with E-state index in [1.165, 1.54) is 5.06 Å². The van der Waals surface area contributed by atoms with Crippen LogP contribution < -0.4 is 0 Å². The van der Waals surface area contributed by atoms with Crippen LogP contribution in [-0.2, 0) is 6.42 Å².